The fourth-order valence-corrected chi connectivity index (χ4v) is 12.5. The molecule has 17 heteroatoms. The predicted octanol–water partition coefficient (Wildman–Crippen LogP) is 10.3. The third-order valence-corrected chi connectivity index (χ3v) is 14.8. The summed E-state index contributed by atoms with van der Waals surface area (Å²) in [5.41, 5.74) is 34.2. The second kappa shape index (κ2) is 16.9. The summed E-state index contributed by atoms with van der Waals surface area (Å²) in [6.45, 7) is 4.23. The molecule has 1 heterocycles. The lowest BCUT2D eigenvalue weighted by Crippen LogP contribution is -2.37. The number of benzene rings is 6. The minimum absolute atomic E-state index is 0.282. The average molecular weight is 811 g/mol. The zero-order valence-corrected chi connectivity index (χ0v) is 33.1. The lowest BCUT2D eigenvalue weighted by molar-refractivity contribution is 0.0546. The molecule has 14 nitrogen and oxygen atoms in total. The molecular weight excluding hydrogens is 769 g/mol. The van der Waals surface area contributed by atoms with Crippen molar-refractivity contribution in [2.45, 2.75) is 19.8 Å². The molecule has 0 aromatic heterocycles. The van der Waals surface area contributed by atoms with E-state index in [2.05, 4.69) is 13.8 Å². The highest BCUT2D eigenvalue weighted by Gasteiger charge is 2.58. The van der Waals surface area contributed by atoms with Gasteiger partial charge in [-0.3, -0.25) is 0 Å². The number of rotatable bonds is 13. The Balaban J connectivity index is 1.48. The Morgan fingerprint density at radius 3 is 1.25 bits per heavy atom. The van der Waals surface area contributed by atoms with Crippen LogP contribution in [0.2, 0.25) is 0 Å². The van der Waals surface area contributed by atoms with E-state index < -0.39 is 24.6 Å². The molecule has 0 saturated heterocycles. The van der Waals surface area contributed by atoms with E-state index in [0.29, 0.717) is 62.9 Å². The summed E-state index contributed by atoms with van der Waals surface area (Å²) in [7, 11) is -8.49. The first-order chi connectivity index (χ1) is 27.0. The summed E-state index contributed by atoms with van der Waals surface area (Å²) in [4.78, 5) is 13.5. The van der Waals surface area contributed by atoms with Gasteiger partial charge in [-0.15, -0.1) is 4.52 Å². The number of hydrogen-bond donors (Lipinski definition) is 5. The van der Waals surface area contributed by atoms with E-state index in [0.717, 1.165) is 5.56 Å². The van der Waals surface area contributed by atoms with Crippen LogP contribution in [0.1, 0.15) is 25.3 Å². The predicted molar refractivity (Wildman–Crippen MR) is 225 cm³/mol. The smallest absolute Gasteiger partial charge is 0.440 e. The monoisotopic (exact) mass is 810 g/mol. The molecule has 0 spiro atoms. The normalized spacial score (nSPS) is 18.4. The Morgan fingerprint density at radius 2 is 0.821 bits per heavy atom. The maximum atomic E-state index is 7.01. The Bertz CT molecular complexity index is 2270. The van der Waals surface area contributed by atoms with Gasteiger partial charge in [0.05, 0.1) is 0 Å². The van der Waals surface area contributed by atoms with Crippen molar-refractivity contribution in [1.82, 2.24) is 9.21 Å². The molecule has 0 amide bonds. The SMILES string of the molecule is CC(C)c1ccc(OP2(Oc3ccc(N)cc3)=NP(Oc3ccc(N)cc3)N(Oc3ccc(N)cc3)P(Oc3ccc(N)cc3)N2Oc2ccc(N)cc2)cc1. The molecule has 0 fully saturated rings. The summed E-state index contributed by atoms with van der Waals surface area (Å²) < 4.78 is 35.8. The van der Waals surface area contributed by atoms with Gasteiger partial charge in [-0.1, -0.05) is 26.0 Å². The van der Waals surface area contributed by atoms with E-state index in [-0.39, 0.29) is 5.92 Å². The lowest BCUT2D eigenvalue weighted by Gasteiger charge is -2.43. The second-order valence-electron chi connectivity index (χ2n) is 12.7. The van der Waals surface area contributed by atoms with Gasteiger partial charge in [-0.2, -0.15) is 0 Å². The van der Waals surface area contributed by atoms with Crippen LogP contribution in [-0.4, -0.2) is 9.21 Å². The van der Waals surface area contributed by atoms with E-state index in [9.17, 15) is 0 Å². The van der Waals surface area contributed by atoms with Gasteiger partial charge < -0.3 is 56.4 Å². The van der Waals surface area contributed by atoms with Crippen LogP contribution in [0.25, 0.3) is 0 Å². The Labute approximate surface area is 327 Å². The Hall–Kier alpha value is -5.87. The molecule has 0 radical (unpaired) electrons. The van der Waals surface area contributed by atoms with E-state index in [1.165, 1.54) is 9.21 Å². The quantitative estimate of drug-likeness (QED) is 0.0545. The molecule has 56 heavy (non-hydrogen) atoms. The third kappa shape index (κ3) is 9.32. The molecule has 7 rings (SSSR count). The molecule has 288 valence electrons. The topological polar surface area (TPSA) is 204 Å². The fraction of sp³-hybridized carbons (Fsp3) is 0.0769. The van der Waals surface area contributed by atoms with Crippen molar-refractivity contribution in [2.75, 3.05) is 28.7 Å². The first-order valence-corrected chi connectivity index (χ1v) is 21.2. The summed E-state index contributed by atoms with van der Waals surface area (Å²) in [5, 5.41) is 0. The highest BCUT2D eigenvalue weighted by atomic mass is 31.3. The molecule has 6 aromatic carbocycles. The van der Waals surface area contributed by atoms with E-state index >= 15 is 0 Å². The highest BCUT2D eigenvalue weighted by Crippen LogP contribution is 2.77. The van der Waals surface area contributed by atoms with Crippen LogP contribution in [-0.2, 0) is 0 Å². The molecule has 3 unspecified atom stereocenters. The maximum Gasteiger partial charge on any atom is 0.447 e. The lowest BCUT2D eigenvalue weighted by atomic mass is 10.0. The van der Waals surface area contributed by atoms with Gasteiger partial charge in [0.25, 0.3) is 0 Å². The van der Waals surface area contributed by atoms with Crippen molar-refractivity contribution in [1.29, 1.82) is 0 Å². The van der Waals surface area contributed by atoms with Crippen molar-refractivity contribution in [2.24, 2.45) is 4.52 Å². The van der Waals surface area contributed by atoms with Gasteiger partial charge in [0, 0.05) is 37.6 Å². The molecule has 0 saturated carbocycles. The second-order valence-corrected chi connectivity index (χ2v) is 18.2. The summed E-state index contributed by atoms with van der Waals surface area (Å²) in [6.07, 6.45) is 0. The first kappa shape index (κ1) is 38.4. The van der Waals surface area contributed by atoms with Gasteiger partial charge in [-0.25, -0.2) is 0 Å². The van der Waals surface area contributed by atoms with Crippen LogP contribution in [0.3, 0.4) is 0 Å². The number of nitrogens with zero attached hydrogens (tertiary/aromatic N) is 3. The number of anilines is 5. The van der Waals surface area contributed by atoms with Crippen molar-refractivity contribution in [3.05, 3.63) is 151 Å². The molecule has 3 atom stereocenters. The largest absolute Gasteiger partial charge is 0.447 e. The summed E-state index contributed by atoms with van der Waals surface area (Å²) in [5.74, 6) is 2.79. The molecular formula is C39H41N8O6P3. The average Bonchev–Trinajstić information content (AvgIpc) is 3.19. The van der Waals surface area contributed by atoms with E-state index in [1.807, 2.05) is 24.3 Å². The van der Waals surface area contributed by atoms with Crippen LogP contribution in [0, 0.1) is 0 Å². The number of hydrogen-bond acceptors (Lipinski definition) is 14. The van der Waals surface area contributed by atoms with Crippen molar-refractivity contribution in [3.63, 3.8) is 0 Å². The van der Waals surface area contributed by atoms with Gasteiger partial charge in [-0.05, 0) is 145 Å². The fourth-order valence-electron chi connectivity index (χ4n) is 5.01. The van der Waals surface area contributed by atoms with Crippen LogP contribution in [0.4, 0.5) is 28.4 Å². The standard InChI is InChI=1S/C39H41N8O6P3/c1-27(2)28-3-15-38(16-4-28)52-56(53-39-25-13-33(44)14-26-39)45-54(50-36-21-9-31(42)10-22-36)46(48-34-17-5-29(40)6-18-34)55(51-37-23-11-32(43)12-24-37)47(56)49-35-19-7-30(41)8-20-35/h3-27H,40-44H2,1-2H3. The van der Waals surface area contributed by atoms with Crippen LogP contribution < -0.4 is 56.4 Å². The zero-order chi connectivity index (χ0) is 39.2. The number of nitrogens with two attached hydrogens (primary N) is 5. The molecule has 0 bridgehead atoms. The molecule has 1 aliphatic rings. The molecule has 1 aliphatic heterocycles. The molecule has 0 aliphatic carbocycles. The van der Waals surface area contributed by atoms with Crippen LogP contribution >= 0.6 is 24.6 Å². The van der Waals surface area contributed by atoms with Crippen molar-refractivity contribution < 1.29 is 27.8 Å². The van der Waals surface area contributed by atoms with Gasteiger partial charge in [0.2, 0.25) is 0 Å². The van der Waals surface area contributed by atoms with Crippen LogP contribution in [0.5, 0.6) is 34.5 Å². The Kier molecular flexibility index (Phi) is 11.6. The number of nitrogen functional groups attached to an aromatic ring is 5. The highest BCUT2D eigenvalue weighted by molar-refractivity contribution is 7.78. The van der Waals surface area contributed by atoms with E-state index in [4.69, 9.17) is 61.0 Å². The van der Waals surface area contributed by atoms with Crippen LogP contribution in [0.15, 0.2) is 150 Å². The third-order valence-electron chi connectivity index (χ3n) is 7.99. The van der Waals surface area contributed by atoms with E-state index in [1.54, 1.807) is 121 Å². The van der Waals surface area contributed by atoms with Crippen molar-refractivity contribution in [3.8, 4) is 34.5 Å². The van der Waals surface area contributed by atoms with Gasteiger partial charge in [0.15, 0.2) is 0 Å². The minimum Gasteiger partial charge on any atom is -0.440 e. The minimum atomic E-state index is -3.95. The van der Waals surface area contributed by atoms with Gasteiger partial charge in [0.1, 0.15) is 34.5 Å². The summed E-state index contributed by atoms with van der Waals surface area (Å²) >= 11 is 0. The maximum absolute atomic E-state index is 7.01. The molecule has 6 aromatic rings. The summed E-state index contributed by atoms with van der Waals surface area (Å²) in [6, 6.07) is 42.2. The molecule has 10 N–H and O–H groups in total. The Morgan fingerprint density at radius 1 is 0.464 bits per heavy atom. The zero-order valence-electron chi connectivity index (χ0n) is 30.5. The first-order valence-electron chi connectivity index (χ1n) is 17.3. The van der Waals surface area contributed by atoms with Crippen molar-refractivity contribution >= 4 is 53.0 Å². The van der Waals surface area contributed by atoms with Gasteiger partial charge >= 0.3 is 24.6 Å².